The van der Waals surface area contributed by atoms with Crippen LogP contribution in [-0.4, -0.2) is 20.4 Å². The summed E-state index contributed by atoms with van der Waals surface area (Å²) in [6.45, 7) is 1.69. The summed E-state index contributed by atoms with van der Waals surface area (Å²) in [7, 11) is -3.54. The summed E-state index contributed by atoms with van der Waals surface area (Å²) in [6, 6.07) is 7.91. The number of primary amides is 1. The van der Waals surface area contributed by atoms with Crippen LogP contribution >= 0.6 is 0 Å². The molecule has 1 rings (SSSR count). The minimum Gasteiger partial charge on any atom is -0.368 e. The second-order valence-corrected chi connectivity index (χ2v) is 5.48. The first kappa shape index (κ1) is 13.7. The van der Waals surface area contributed by atoms with E-state index in [1.54, 1.807) is 31.2 Å². The number of nitrogens with one attached hydrogen (secondary N) is 1. The van der Waals surface area contributed by atoms with Crippen molar-refractivity contribution in [3.63, 3.8) is 0 Å². The highest BCUT2D eigenvalue weighted by atomic mass is 32.2. The van der Waals surface area contributed by atoms with E-state index in [9.17, 15) is 13.2 Å². The quantitative estimate of drug-likeness (QED) is 0.770. The highest BCUT2D eigenvalue weighted by molar-refractivity contribution is 7.88. The van der Waals surface area contributed by atoms with Gasteiger partial charge in [-0.15, -0.1) is 0 Å². The molecule has 0 heterocycles. The third-order valence-electron chi connectivity index (χ3n) is 2.27. The summed E-state index contributed by atoms with van der Waals surface area (Å²) in [5, 5.41) is 0. The maximum atomic E-state index is 11.8. The van der Waals surface area contributed by atoms with Crippen LogP contribution in [-0.2, 0) is 20.6 Å². The van der Waals surface area contributed by atoms with E-state index in [1.807, 2.05) is 6.07 Å². The number of hydrogen-bond acceptors (Lipinski definition) is 3. The Hall–Kier alpha value is -1.40. The second-order valence-electron chi connectivity index (χ2n) is 3.73. The molecule has 1 unspecified atom stereocenters. The summed E-state index contributed by atoms with van der Waals surface area (Å²) < 4.78 is 25.8. The van der Waals surface area contributed by atoms with Crippen molar-refractivity contribution in [1.29, 1.82) is 0 Å². The Bertz CT molecular complexity index is 471. The molecule has 6 heteroatoms. The lowest BCUT2D eigenvalue weighted by Crippen LogP contribution is -2.44. The van der Waals surface area contributed by atoms with Crippen molar-refractivity contribution < 1.29 is 13.2 Å². The van der Waals surface area contributed by atoms with E-state index in [4.69, 9.17) is 5.73 Å². The topological polar surface area (TPSA) is 89.3 Å². The zero-order valence-corrected chi connectivity index (χ0v) is 10.4. The highest BCUT2D eigenvalue weighted by Crippen LogP contribution is 2.05. The minimum absolute atomic E-state index is 0.155. The largest absolute Gasteiger partial charge is 0.368 e. The monoisotopic (exact) mass is 256 g/mol. The molecule has 1 atom stereocenters. The fourth-order valence-corrected chi connectivity index (χ4v) is 2.83. The van der Waals surface area contributed by atoms with E-state index in [0.29, 0.717) is 12.0 Å². The molecule has 1 amide bonds. The molecular weight excluding hydrogens is 240 g/mol. The molecule has 5 nitrogen and oxygen atoms in total. The van der Waals surface area contributed by atoms with E-state index < -0.39 is 22.0 Å². The first-order valence-corrected chi connectivity index (χ1v) is 6.93. The average Bonchev–Trinajstić information content (AvgIpc) is 2.26. The molecular formula is C11H16N2O3S. The standard InChI is InChI=1S/C11H16N2O3S/c1-2-10(11(12)14)13-17(15,16)8-9-6-4-3-5-7-9/h3-7,10,13H,2,8H2,1H3,(H2,12,14). The zero-order chi connectivity index (χ0) is 12.9. The van der Waals surface area contributed by atoms with Crippen molar-refractivity contribution in [2.24, 2.45) is 5.73 Å². The van der Waals surface area contributed by atoms with Crippen LogP contribution in [0.1, 0.15) is 18.9 Å². The molecule has 0 aliphatic carbocycles. The highest BCUT2D eigenvalue weighted by Gasteiger charge is 2.20. The van der Waals surface area contributed by atoms with Gasteiger partial charge in [-0.25, -0.2) is 13.1 Å². The van der Waals surface area contributed by atoms with Gasteiger partial charge in [-0.05, 0) is 12.0 Å². The van der Waals surface area contributed by atoms with Gasteiger partial charge in [0.25, 0.3) is 0 Å². The molecule has 0 aliphatic rings. The van der Waals surface area contributed by atoms with Crippen molar-refractivity contribution in [3.8, 4) is 0 Å². The van der Waals surface area contributed by atoms with Gasteiger partial charge in [-0.3, -0.25) is 4.79 Å². The van der Waals surface area contributed by atoms with Crippen LogP contribution in [0.5, 0.6) is 0 Å². The average molecular weight is 256 g/mol. The molecule has 0 saturated heterocycles. The molecule has 1 aromatic carbocycles. The van der Waals surface area contributed by atoms with Crippen LogP contribution in [0.15, 0.2) is 30.3 Å². The van der Waals surface area contributed by atoms with E-state index in [1.165, 1.54) is 0 Å². The van der Waals surface area contributed by atoms with Crippen molar-refractivity contribution in [2.45, 2.75) is 25.1 Å². The Labute approximate surface area is 101 Å². The van der Waals surface area contributed by atoms with Crippen LogP contribution in [0.25, 0.3) is 0 Å². The van der Waals surface area contributed by atoms with Crippen molar-refractivity contribution in [1.82, 2.24) is 4.72 Å². The lowest BCUT2D eigenvalue weighted by molar-refractivity contribution is -0.119. The molecule has 0 fully saturated rings. The third kappa shape index (κ3) is 4.54. The number of amides is 1. The summed E-state index contributed by atoms with van der Waals surface area (Å²) in [4.78, 5) is 11.0. The Morgan fingerprint density at radius 2 is 1.94 bits per heavy atom. The predicted octanol–water partition coefficient (Wildman–Crippen LogP) is 0.370. The van der Waals surface area contributed by atoms with Crippen molar-refractivity contribution in [3.05, 3.63) is 35.9 Å². The van der Waals surface area contributed by atoms with Gasteiger partial charge in [0, 0.05) is 0 Å². The summed E-state index contributed by atoms with van der Waals surface area (Å²) >= 11 is 0. The van der Waals surface area contributed by atoms with Gasteiger partial charge < -0.3 is 5.73 Å². The van der Waals surface area contributed by atoms with Crippen molar-refractivity contribution >= 4 is 15.9 Å². The van der Waals surface area contributed by atoms with E-state index in [2.05, 4.69) is 4.72 Å². The van der Waals surface area contributed by atoms with Gasteiger partial charge >= 0.3 is 0 Å². The van der Waals surface area contributed by atoms with Gasteiger partial charge in [0.05, 0.1) is 11.8 Å². The Morgan fingerprint density at radius 1 is 1.35 bits per heavy atom. The summed E-state index contributed by atoms with van der Waals surface area (Å²) in [5.41, 5.74) is 5.75. The maximum Gasteiger partial charge on any atom is 0.235 e. The van der Waals surface area contributed by atoms with Gasteiger partial charge in [0.2, 0.25) is 15.9 Å². The maximum absolute atomic E-state index is 11.8. The molecule has 1 aromatic rings. The zero-order valence-electron chi connectivity index (χ0n) is 9.59. The first-order chi connectivity index (χ1) is 7.94. The van der Waals surface area contributed by atoms with Crippen LogP contribution in [0.3, 0.4) is 0 Å². The van der Waals surface area contributed by atoms with E-state index in [0.717, 1.165) is 0 Å². The predicted molar refractivity (Wildman–Crippen MR) is 65.5 cm³/mol. The van der Waals surface area contributed by atoms with Gasteiger partial charge in [-0.1, -0.05) is 37.3 Å². The molecule has 0 aliphatic heterocycles. The number of benzene rings is 1. The molecule has 0 saturated carbocycles. The Kier molecular flexibility index (Phi) is 4.65. The molecule has 94 valence electrons. The fraction of sp³-hybridized carbons (Fsp3) is 0.364. The second kappa shape index (κ2) is 5.79. The summed E-state index contributed by atoms with van der Waals surface area (Å²) in [6.07, 6.45) is 0.337. The molecule has 0 spiro atoms. The first-order valence-electron chi connectivity index (χ1n) is 5.28. The van der Waals surface area contributed by atoms with Crippen LogP contribution in [0, 0.1) is 0 Å². The van der Waals surface area contributed by atoms with Crippen LogP contribution < -0.4 is 10.5 Å². The third-order valence-corrected chi connectivity index (χ3v) is 3.63. The van der Waals surface area contributed by atoms with E-state index >= 15 is 0 Å². The van der Waals surface area contributed by atoms with Gasteiger partial charge in [0.1, 0.15) is 0 Å². The molecule has 0 bridgehead atoms. The lowest BCUT2D eigenvalue weighted by Gasteiger charge is -2.13. The minimum atomic E-state index is -3.54. The number of nitrogens with two attached hydrogens (primary N) is 1. The fourth-order valence-electron chi connectivity index (χ4n) is 1.39. The molecule has 3 N–H and O–H groups in total. The number of sulfonamides is 1. The Balaban J connectivity index is 2.73. The SMILES string of the molecule is CCC(NS(=O)(=O)Cc1ccccc1)C(N)=O. The van der Waals surface area contributed by atoms with Crippen LogP contribution in [0.2, 0.25) is 0 Å². The van der Waals surface area contributed by atoms with E-state index in [-0.39, 0.29) is 5.75 Å². The number of carbonyl (C=O) groups excluding carboxylic acids is 1. The number of rotatable bonds is 6. The van der Waals surface area contributed by atoms with Crippen molar-refractivity contribution in [2.75, 3.05) is 0 Å². The van der Waals surface area contributed by atoms with Crippen LogP contribution in [0.4, 0.5) is 0 Å². The molecule has 17 heavy (non-hydrogen) atoms. The lowest BCUT2D eigenvalue weighted by atomic mass is 10.2. The smallest absolute Gasteiger partial charge is 0.235 e. The summed E-state index contributed by atoms with van der Waals surface area (Å²) in [5.74, 6) is -0.818. The molecule has 0 aromatic heterocycles. The normalized spacial score (nSPS) is 13.2. The van der Waals surface area contributed by atoms with Gasteiger partial charge in [-0.2, -0.15) is 0 Å². The number of carbonyl (C=O) groups is 1. The number of hydrogen-bond donors (Lipinski definition) is 2. The van der Waals surface area contributed by atoms with Gasteiger partial charge in [0.15, 0.2) is 0 Å². The Morgan fingerprint density at radius 3 is 2.41 bits per heavy atom. The molecule has 0 radical (unpaired) electrons.